The van der Waals surface area contributed by atoms with Crippen molar-refractivity contribution in [2.45, 2.75) is 83.2 Å². The molecule has 0 spiro atoms. The van der Waals surface area contributed by atoms with Crippen molar-refractivity contribution in [3.8, 4) is 0 Å². The second-order valence-electron chi connectivity index (χ2n) is 6.70. The lowest BCUT2D eigenvalue weighted by atomic mass is 9.79. The summed E-state index contributed by atoms with van der Waals surface area (Å²) in [5.74, 6) is 0.992. The lowest BCUT2D eigenvalue weighted by Crippen LogP contribution is -2.43. The van der Waals surface area contributed by atoms with E-state index in [2.05, 4.69) is 12.2 Å². The van der Waals surface area contributed by atoms with Gasteiger partial charge in [0.15, 0.2) is 0 Å². The first-order chi connectivity index (χ1) is 9.16. The summed E-state index contributed by atoms with van der Waals surface area (Å²) in [5.41, 5.74) is 6.03. The van der Waals surface area contributed by atoms with Gasteiger partial charge in [0, 0.05) is 18.0 Å². The number of amides is 1. The minimum Gasteiger partial charge on any atom is -0.353 e. The van der Waals surface area contributed by atoms with E-state index in [1.165, 1.54) is 44.9 Å². The predicted octanol–water partition coefficient (Wildman–Crippen LogP) is 2.98. The summed E-state index contributed by atoms with van der Waals surface area (Å²) in [4.78, 5) is 12.4. The van der Waals surface area contributed by atoms with Gasteiger partial charge in [-0.2, -0.15) is 0 Å². The van der Waals surface area contributed by atoms with Crippen molar-refractivity contribution >= 4 is 5.91 Å². The lowest BCUT2D eigenvalue weighted by molar-refractivity contribution is -0.127. The Bertz CT molecular complexity index is 284. The van der Waals surface area contributed by atoms with E-state index in [-0.39, 0.29) is 5.92 Å². The van der Waals surface area contributed by atoms with Crippen LogP contribution in [0.15, 0.2) is 0 Å². The van der Waals surface area contributed by atoms with E-state index in [4.69, 9.17) is 5.73 Å². The number of hydrogen-bond acceptors (Lipinski definition) is 2. The van der Waals surface area contributed by atoms with Crippen LogP contribution in [-0.4, -0.2) is 18.0 Å². The molecule has 3 atom stereocenters. The van der Waals surface area contributed by atoms with Crippen LogP contribution in [0.5, 0.6) is 0 Å². The Morgan fingerprint density at radius 2 is 1.63 bits per heavy atom. The maximum Gasteiger partial charge on any atom is 0.223 e. The topological polar surface area (TPSA) is 55.1 Å². The molecule has 2 saturated carbocycles. The molecule has 0 radical (unpaired) electrons. The second kappa shape index (κ2) is 7.28. The molecule has 19 heavy (non-hydrogen) atoms. The first-order valence-corrected chi connectivity index (χ1v) is 8.22. The SMILES string of the molecule is CC1CC(C(=O)NC2CCCCCCC2)CCC1N. The zero-order valence-corrected chi connectivity index (χ0v) is 12.4. The highest BCUT2D eigenvalue weighted by molar-refractivity contribution is 5.79. The Balaban J connectivity index is 1.79. The van der Waals surface area contributed by atoms with Crippen LogP contribution in [0.2, 0.25) is 0 Å². The Labute approximate surface area is 117 Å². The summed E-state index contributed by atoms with van der Waals surface area (Å²) >= 11 is 0. The van der Waals surface area contributed by atoms with Crippen molar-refractivity contribution < 1.29 is 4.79 Å². The molecule has 0 heterocycles. The Morgan fingerprint density at radius 1 is 1.00 bits per heavy atom. The van der Waals surface area contributed by atoms with Crippen LogP contribution in [0.3, 0.4) is 0 Å². The molecule has 2 fully saturated rings. The maximum atomic E-state index is 12.4. The summed E-state index contributed by atoms with van der Waals surface area (Å²) < 4.78 is 0. The lowest BCUT2D eigenvalue weighted by Gasteiger charge is -2.32. The smallest absolute Gasteiger partial charge is 0.223 e. The molecule has 3 N–H and O–H groups in total. The van der Waals surface area contributed by atoms with E-state index < -0.39 is 0 Å². The van der Waals surface area contributed by atoms with E-state index in [0.717, 1.165) is 19.3 Å². The fraction of sp³-hybridized carbons (Fsp3) is 0.938. The molecule has 0 aromatic rings. The number of hydrogen-bond donors (Lipinski definition) is 2. The summed E-state index contributed by atoms with van der Waals surface area (Å²) in [6, 6.07) is 0.726. The Kier molecular flexibility index (Phi) is 5.68. The molecule has 2 aliphatic carbocycles. The third kappa shape index (κ3) is 4.48. The van der Waals surface area contributed by atoms with Gasteiger partial charge in [-0.1, -0.05) is 39.0 Å². The summed E-state index contributed by atoms with van der Waals surface area (Å²) in [7, 11) is 0. The monoisotopic (exact) mass is 266 g/mol. The molecule has 2 rings (SSSR count). The molecule has 0 aromatic heterocycles. The van der Waals surface area contributed by atoms with E-state index in [0.29, 0.717) is 23.9 Å². The quantitative estimate of drug-likeness (QED) is 0.807. The third-order valence-electron chi connectivity index (χ3n) is 5.06. The zero-order valence-electron chi connectivity index (χ0n) is 12.4. The zero-order chi connectivity index (χ0) is 13.7. The minimum absolute atomic E-state index is 0.209. The molecule has 110 valence electrons. The summed E-state index contributed by atoms with van der Waals surface area (Å²) in [6.45, 7) is 2.18. The van der Waals surface area contributed by atoms with Crippen LogP contribution in [0.1, 0.15) is 71.1 Å². The maximum absolute atomic E-state index is 12.4. The molecule has 0 saturated heterocycles. The van der Waals surface area contributed by atoms with Gasteiger partial charge < -0.3 is 11.1 Å². The molecule has 2 aliphatic rings. The normalized spacial score (nSPS) is 34.3. The van der Waals surface area contributed by atoms with E-state index in [1.54, 1.807) is 0 Å². The van der Waals surface area contributed by atoms with Gasteiger partial charge in [0.2, 0.25) is 5.91 Å². The van der Waals surface area contributed by atoms with Gasteiger partial charge in [-0.25, -0.2) is 0 Å². The first-order valence-electron chi connectivity index (χ1n) is 8.22. The van der Waals surface area contributed by atoms with Gasteiger partial charge in [-0.3, -0.25) is 4.79 Å². The second-order valence-corrected chi connectivity index (χ2v) is 6.70. The molecule has 0 aromatic carbocycles. The minimum atomic E-state index is 0.209. The molecule has 1 amide bonds. The van der Waals surface area contributed by atoms with Crippen molar-refractivity contribution in [3.63, 3.8) is 0 Å². The summed E-state index contributed by atoms with van der Waals surface area (Å²) in [6.07, 6.45) is 11.9. The Hall–Kier alpha value is -0.570. The van der Waals surface area contributed by atoms with Crippen molar-refractivity contribution in [1.82, 2.24) is 5.32 Å². The number of carbonyl (C=O) groups is 1. The van der Waals surface area contributed by atoms with E-state index in [1.807, 2.05) is 0 Å². The van der Waals surface area contributed by atoms with Crippen LogP contribution < -0.4 is 11.1 Å². The van der Waals surface area contributed by atoms with Gasteiger partial charge >= 0.3 is 0 Å². The number of nitrogens with two attached hydrogens (primary N) is 1. The number of carbonyl (C=O) groups excluding carboxylic acids is 1. The van der Waals surface area contributed by atoms with Crippen molar-refractivity contribution in [2.24, 2.45) is 17.6 Å². The first kappa shape index (κ1) is 14.8. The van der Waals surface area contributed by atoms with Crippen LogP contribution >= 0.6 is 0 Å². The highest BCUT2D eigenvalue weighted by atomic mass is 16.1. The molecule has 3 unspecified atom stereocenters. The fourth-order valence-corrected chi connectivity index (χ4v) is 3.58. The van der Waals surface area contributed by atoms with E-state index >= 15 is 0 Å². The third-order valence-corrected chi connectivity index (χ3v) is 5.06. The van der Waals surface area contributed by atoms with Gasteiger partial charge in [0.25, 0.3) is 0 Å². The van der Waals surface area contributed by atoms with Crippen LogP contribution in [-0.2, 0) is 4.79 Å². The average molecular weight is 266 g/mol. The van der Waals surface area contributed by atoms with E-state index in [9.17, 15) is 4.79 Å². The molecule has 3 nitrogen and oxygen atoms in total. The number of nitrogens with one attached hydrogen (secondary N) is 1. The average Bonchev–Trinajstić information content (AvgIpc) is 2.35. The number of rotatable bonds is 2. The van der Waals surface area contributed by atoms with Crippen LogP contribution in [0.4, 0.5) is 0 Å². The van der Waals surface area contributed by atoms with Gasteiger partial charge in [0.05, 0.1) is 0 Å². The van der Waals surface area contributed by atoms with Crippen LogP contribution in [0.25, 0.3) is 0 Å². The highest BCUT2D eigenvalue weighted by Gasteiger charge is 2.30. The molecule has 3 heteroatoms. The molecular formula is C16H30N2O. The molecule has 0 bridgehead atoms. The standard InChI is InChI=1S/C16H30N2O/c1-12-11-13(9-10-15(12)17)16(19)18-14-7-5-3-2-4-6-8-14/h12-15H,2-11,17H2,1H3,(H,18,19). The largest absolute Gasteiger partial charge is 0.353 e. The highest BCUT2D eigenvalue weighted by Crippen LogP contribution is 2.28. The van der Waals surface area contributed by atoms with Gasteiger partial charge in [-0.15, -0.1) is 0 Å². The van der Waals surface area contributed by atoms with Gasteiger partial charge in [-0.05, 0) is 38.0 Å². The molecule has 0 aliphatic heterocycles. The molecular weight excluding hydrogens is 236 g/mol. The summed E-state index contributed by atoms with van der Waals surface area (Å²) in [5, 5.41) is 3.31. The van der Waals surface area contributed by atoms with Crippen molar-refractivity contribution in [3.05, 3.63) is 0 Å². The van der Waals surface area contributed by atoms with Crippen molar-refractivity contribution in [2.75, 3.05) is 0 Å². The Morgan fingerprint density at radius 3 is 2.26 bits per heavy atom. The van der Waals surface area contributed by atoms with Crippen LogP contribution in [0, 0.1) is 11.8 Å². The fourth-order valence-electron chi connectivity index (χ4n) is 3.58. The predicted molar refractivity (Wildman–Crippen MR) is 78.7 cm³/mol. The van der Waals surface area contributed by atoms with Crippen molar-refractivity contribution in [1.29, 1.82) is 0 Å². The van der Waals surface area contributed by atoms with Gasteiger partial charge in [0.1, 0.15) is 0 Å².